The number of nitrogens with one attached hydrogen (secondary N) is 1. The van der Waals surface area contributed by atoms with Gasteiger partial charge in [-0.2, -0.15) is 5.10 Å². The molecule has 0 aliphatic carbocycles. The van der Waals surface area contributed by atoms with Gasteiger partial charge in [-0.1, -0.05) is 18.2 Å². The van der Waals surface area contributed by atoms with E-state index in [1.54, 1.807) is 4.68 Å². The fourth-order valence-corrected chi connectivity index (χ4v) is 2.01. The molecule has 20 heavy (non-hydrogen) atoms. The van der Waals surface area contributed by atoms with E-state index < -0.39 is 0 Å². The average Bonchev–Trinajstić information content (AvgIpc) is 2.80. The number of hydrogen-bond acceptors (Lipinski definition) is 4. The van der Waals surface area contributed by atoms with Crippen molar-refractivity contribution >= 4 is 16.8 Å². The van der Waals surface area contributed by atoms with Crippen LogP contribution in [0.15, 0.2) is 24.3 Å². The van der Waals surface area contributed by atoms with Crippen LogP contribution in [0.5, 0.6) is 0 Å². The summed E-state index contributed by atoms with van der Waals surface area (Å²) in [5.41, 5.74) is 1.38. The number of carbonyl (C=O) groups excluding carboxylic acids is 1. The van der Waals surface area contributed by atoms with Crippen molar-refractivity contribution in [3.63, 3.8) is 0 Å². The van der Waals surface area contributed by atoms with Gasteiger partial charge in [0.15, 0.2) is 5.69 Å². The summed E-state index contributed by atoms with van der Waals surface area (Å²) in [7, 11) is 1.82. The molecule has 1 aromatic heterocycles. The van der Waals surface area contributed by atoms with E-state index in [4.69, 9.17) is 9.84 Å². The summed E-state index contributed by atoms with van der Waals surface area (Å²) in [6.07, 6.45) is 0.705. The number of hydrogen-bond donors (Lipinski definition) is 2. The fourth-order valence-electron chi connectivity index (χ4n) is 2.01. The molecule has 6 nitrogen and oxygen atoms in total. The van der Waals surface area contributed by atoms with Crippen LogP contribution >= 0.6 is 0 Å². The van der Waals surface area contributed by atoms with E-state index in [2.05, 4.69) is 10.4 Å². The Morgan fingerprint density at radius 3 is 3.00 bits per heavy atom. The maximum atomic E-state index is 12.1. The van der Waals surface area contributed by atoms with Gasteiger partial charge in [0.05, 0.1) is 18.7 Å². The molecule has 1 aromatic carbocycles. The van der Waals surface area contributed by atoms with E-state index in [1.807, 2.05) is 31.3 Å². The Morgan fingerprint density at radius 2 is 2.20 bits per heavy atom. The number of nitrogens with zero attached hydrogens (tertiary/aromatic N) is 2. The number of fused-ring (bicyclic) bond motifs is 1. The molecule has 0 spiro atoms. The van der Waals surface area contributed by atoms with E-state index in [9.17, 15) is 4.79 Å². The molecule has 0 atom stereocenters. The molecule has 2 N–H and O–H groups in total. The van der Waals surface area contributed by atoms with Crippen LogP contribution < -0.4 is 5.32 Å². The Labute approximate surface area is 117 Å². The van der Waals surface area contributed by atoms with E-state index in [1.165, 1.54) is 0 Å². The highest BCUT2D eigenvalue weighted by Crippen LogP contribution is 2.16. The second kappa shape index (κ2) is 7.02. The van der Waals surface area contributed by atoms with Crippen molar-refractivity contribution in [2.24, 2.45) is 7.05 Å². The number of aliphatic hydroxyl groups excluding tert-OH is 1. The minimum absolute atomic E-state index is 0.0201. The number of benzene rings is 1. The zero-order chi connectivity index (χ0) is 14.4. The number of amides is 1. The summed E-state index contributed by atoms with van der Waals surface area (Å²) in [6, 6.07) is 7.64. The van der Waals surface area contributed by atoms with Crippen LogP contribution in [0.2, 0.25) is 0 Å². The molecule has 1 heterocycles. The topological polar surface area (TPSA) is 76.4 Å². The molecule has 0 saturated carbocycles. The maximum absolute atomic E-state index is 12.1. The number of rotatable bonds is 7. The monoisotopic (exact) mass is 277 g/mol. The van der Waals surface area contributed by atoms with Gasteiger partial charge in [0.25, 0.3) is 5.91 Å². The summed E-state index contributed by atoms with van der Waals surface area (Å²) < 4.78 is 6.83. The largest absolute Gasteiger partial charge is 0.394 e. The van der Waals surface area contributed by atoms with Crippen molar-refractivity contribution in [3.05, 3.63) is 30.0 Å². The third kappa shape index (κ3) is 3.34. The predicted molar refractivity (Wildman–Crippen MR) is 75.6 cm³/mol. The summed E-state index contributed by atoms with van der Waals surface area (Å²) >= 11 is 0. The van der Waals surface area contributed by atoms with Crippen LogP contribution in [-0.2, 0) is 11.8 Å². The van der Waals surface area contributed by atoms with Crippen molar-refractivity contribution in [2.45, 2.75) is 6.42 Å². The van der Waals surface area contributed by atoms with Gasteiger partial charge in [-0.05, 0) is 12.5 Å². The lowest BCUT2D eigenvalue weighted by Crippen LogP contribution is -2.26. The van der Waals surface area contributed by atoms with Crippen LogP contribution in [0, 0.1) is 0 Å². The van der Waals surface area contributed by atoms with Crippen molar-refractivity contribution in [1.82, 2.24) is 15.1 Å². The number of para-hydroxylation sites is 1. The van der Waals surface area contributed by atoms with Gasteiger partial charge in [0, 0.05) is 25.6 Å². The van der Waals surface area contributed by atoms with Gasteiger partial charge in [0.2, 0.25) is 0 Å². The Morgan fingerprint density at radius 1 is 1.40 bits per heavy atom. The summed E-state index contributed by atoms with van der Waals surface area (Å²) in [4.78, 5) is 12.1. The fraction of sp³-hybridized carbons (Fsp3) is 0.429. The molecular weight excluding hydrogens is 258 g/mol. The lowest BCUT2D eigenvalue weighted by atomic mass is 10.2. The van der Waals surface area contributed by atoms with E-state index in [-0.39, 0.29) is 12.5 Å². The summed E-state index contributed by atoms with van der Waals surface area (Å²) in [6.45, 7) is 1.39. The second-order valence-electron chi connectivity index (χ2n) is 4.43. The number of ether oxygens (including phenoxy) is 1. The number of aromatic nitrogens is 2. The molecular formula is C14H19N3O3. The minimum Gasteiger partial charge on any atom is -0.394 e. The van der Waals surface area contributed by atoms with Crippen LogP contribution in [0.4, 0.5) is 0 Å². The normalized spacial score (nSPS) is 10.9. The number of aryl methyl sites for hydroxylation is 1. The van der Waals surface area contributed by atoms with Gasteiger partial charge in [0.1, 0.15) is 0 Å². The highest BCUT2D eigenvalue weighted by Gasteiger charge is 2.14. The lowest BCUT2D eigenvalue weighted by Gasteiger charge is -2.04. The molecule has 6 heteroatoms. The Kier molecular flexibility index (Phi) is 5.09. The van der Waals surface area contributed by atoms with Crippen molar-refractivity contribution in [3.8, 4) is 0 Å². The minimum atomic E-state index is -0.177. The van der Waals surface area contributed by atoms with Crippen LogP contribution in [0.3, 0.4) is 0 Å². The first-order valence-electron chi connectivity index (χ1n) is 6.62. The third-order valence-corrected chi connectivity index (χ3v) is 2.96. The predicted octanol–water partition coefficient (Wildman–Crippen LogP) is 0.702. The smallest absolute Gasteiger partial charge is 0.272 e. The van der Waals surface area contributed by atoms with E-state index >= 15 is 0 Å². The Bertz CT molecular complexity index is 580. The van der Waals surface area contributed by atoms with Crippen LogP contribution in [0.25, 0.3) is 10.9 Å². The molecule has 0 fully saturated rings. The molecule has 0 radical (unpaired) electrons. The molecule has 0 unspecified atom stereocenters. The summed E-state index contributed by atoms with van der Waals surface area (Å²) in [5.74, 6) is -0.177. The van der Waals surface area contributed by atoms with Crippen molar-refractivity contribution in [2.75, 3.05) is 26.4 Å². The first kappa shape index (κ1) is 14.5. The summed E-state index contributed by atoms with van der Waals surface area (Å²) in [5, 5.41) is 16.5. The highest BCUT2D eigenvalue weighted by molar-refractivity contribution is 6.04. The van der Waals surface area contributed by atoms with Gasteiger partial charge >= 0.3 is 0 Å². The highest BCUT2D eigenvalue weighted by atomic mass is 16.5. The number of carbonyl (C=O) groups is 1. The zero-order valence-electron chi connectivity index (χ0n) is 11.5. The Balaban J connectivity index is 1.91. The second-order valence-corrected chi connectivity index (χ2v) is 4.43. The van der Waals surface area contributed by atoms with Gasteiger partial charge in [-0.15, -0.1) is 0 Å². The molecule has 0 bridgehead atoms. The van der Waals surface area contributed by atoms with Crippen molar-refractivity contribution < 1.29 is 14.6 Å². The standard InChI is InChI=1S/C14H19N3O3/c1-17-12-6-3-2-5-11(12)13(16-17)14(19)15-7-4-9-20-10-8-18/h2-3,5-6,18H,4,7-10H2,1H3,(H,15,19). The van der Waals surface area contributed by atoms with Crippen LogP contribution in [0.1, 0.15) is 16.9 Å². The molecule has 2 aromatic rings. The maximum Gasteiger partial charge on any atom is 0.272 e. The molecule has 1 amide bonds. The van der Waals surface area contributed by atoms with Gasteiger partial charge in [-0.3, -0.25) is 9.48 Å². The zero-order valence-corrected chi connectivity index (χ0v) is 11.5. The first-order valence-corrected chi connectivity index (χ1v) is 6.62. The molecule has 108 valence electrons. The van der Waals surface area contributed by atoms with Gasteiger partial charge < -0.3 is 15.2 Å². The van der Waals surface area contributed by atoms with Crippen LogP contribution in [-0.4, -0.2) is 47.2 Å². The van der Waals surface area contributed by atoms with Crippen molar-refractivity contribution in [1.29, 1.82) is 0 Å². The Hall–Kier alpha value is -1.92. The molecule has 0 aliphatic rings. The van der Waals surface area contributed by atoms with Gasteiger partial charge in [-0.25, -0.2) is 0 Å². The number of aliphatic hydroxyl groups is 1. The average molecular weight is 277 g/mol. The molecule has 0 aliphatic heterocycles. The first-order chi connectivity index (χ1) is 9.74. The SMILES string of the molecule is Cn1nc(C(=O)NCCCOCCO)c2ccccc21. The quantitative estimate of drug-likeness (QED) is 0.731. The van der Waals surface area contributed by atoms with E-state index in [0.717, 1.165) is 10.9 Å². The lowest BCUT2D eigenvalue weighted by molar-refractivity contribution is 0.0866. The molecule has 0 saturated heterocycles. The third-order valence-electron chi connectivity index (χ3n) is 2.96. The molecule has 2 rings (SSSR count). The van der Waals surface area contributed by atoms with E-state index in [0.29, 0.717) is 31.9 Å².